The first-order chi connectivity index (χ1) is 13.5. The third-order valence-corrected chi connectivity index (χ3v) is 5.34. The van der Waals surface area contributed by atoms with Gasteiger partial charge in [0.2, 0.25) is 0 Å². The summed E-state index contributed by atoms with van der Waals surface area (Å²) in [5.41, 5.74) is 0.227. The number of nitro groups is 1. The van der Waals surface area contributed by atoms with Crippen molar-refractivity contribution in [1.29, 1.82) is 0 Å². The highest BCUT2D eigenvalue weighted by atomic mass is 16.6. The second kappa shape index (κ2) is 6.60. The van der Waals surface area contributed by atoms with Gasteiger partial charge in [-0.05, 0) is 25.0 Å². The van der Waals surface area contributed by atoms with Crippen molar-refractivity contribution in [3.05, 3.63) is 81.4 Å². The van der Waals surface area contributed by atoms with Crippen LogP contribution in [0, 0.1) is 10.1 Å². The maximum absolute atomic E-state index is 13.2. The number of carbonyl (C=O) groups excluding carboxylic acids is 2. The van der Waals surface area contributed by atoms with E-state index in [1.165, 1.54) is 12.1 Å². The third-order valence-electron chi connectivity index (χ3n) is 5.34. The van der Waals surface area contributed by atoms with Crippen LogP contribution in [0.2, 0.25) is 0 Å². The Labute approximate surface area is 160 Å². The van der Waals surface area contributed by atoms with E-state index in [0.717, 1.165) is 5.56 Å². The summed E-state index contributed by atoms with van der Waals surface area (Å²) in [6.07, 6.45) is 2.13. The molecule has 0 unspecified atom stereocenters. The molecule has 28 heavy (non-hydrogen) atoms. The third kappa shape index (κ3) is 2.43. The summed E-state index contributed by atoms with van der Waals surface area (Å²) >= 11 is 0. The minimum absolute atomic E-state index is 0.0382. The van der Waals surface area contributed by atoms with E-state index in [1.807, 2.05) is 0 Å². The van der Waals surface area contributed by atoms with Gasteiger partial charge in [0.1, 0.15) is 11.2 Å². The number of hydrogen-bond acceptors (Lipinski definition) is 6. The molecule has 7 heteroatoms. The van der Waals surface area contributed by atoms with Crippen molar-refractivity contribution in [1.82, 2.24) is 0 Å². The Morgan fingerprint density at radius 2 is 1.96 bits per heavy atom. The molecule has 7 nitrogen and oxygen atoms in total. The van der Waals surface area contributed by atoms with Crippen LogP contribution in [-0.2, 0) is 19.7 Å². The molecule has 0 amide bonds. The summed E-state index contributed by atoms with van der Waals surface area (Å²) in [5, 5.41) is 11.0. The van der Waals surface area contributed by atoms with Crippen molar-refractivity contribution < 1.29 is 24.0 Å². The number of non-ortho nitro benzene ring substituents is 1. The number of esters is 2. The number of nitrogens with zero attached hydrogens (tertiary/aromatic N) is 1. The molecule has 1 aliphatic carbocycles. The van der Waals surface area contributed by atoms with Gasteiger partial charge in [-0.1, -0.05) is 36.4 Å². The molecule has 2 atom stereocenters. The number of para-hydroxylation sites is 1. The van der Waals surface area contributed by atoms with E-state index in [2.05, 4.69) is 0 Å². The molecular weight excluding hydrogens is 362 g/mol. The molecule has 1 spiro atoms. The molecule has 0 aromatic heterocycles. The van der Waals surface area contributed by atoms with Gasteiger partial charge in [-0.3, -0.25) is 14.9 Å². The molecule has 1 aliphatic heterocycles. The minimum atomic E-state index is -1.32. The standard InChI is InChI=1S/C21H17NO6/c1-2-27-19(23)17-12-11-15(13-7-9-14(10-8-13)22(25)26)21(17)16-5-3-4-6-18(16)28-20(21)24/h3-10,12,15H,2,11H2,1H3/t15-,21+/m1/s1. The number of benzene rings is 2. The zero-order valence-corrected chi connectivity index (χ0v) is 15.1. The summed E-state index contributed by atoms with van der Waals surface area (Å²) in [6.45, 7) is 1.89. The van der Waals surface area contributed by atoms with Crippen LogP contribution in [0.25, 0.3) is 0 Å². The average molecular weight is 379 g/mol. The Balaban J connectivity index is 1.88. The first-order valence-corrected chi connectivity index (χ1v) is 8.94. The predicted molar refractivity (Wildman–Crippen MR) is 98.9 cm³/mol. The molecule has 0 saturated carbocycles. The first-order valence-electron chi connectivity index (χ1n) is 8.94. The largest absolute Gasteiger partial charge is 0.463 e. The zero-order chi connectivity index (χ0) is 19.9. The van der Waals surface area contributed by atoms with E-state index in [1.54, 1.807) is 49.4 Å². The van der Waals surface area contributed by atoms with Gasteiger partial charge in [0.15, 0.2) is 0 Å². The number of ether oxygens (including phenoxy) is 2. The quantitative estimate of drug-likeness (QED) is 0.349. The maximum atomic E-state index is 13.2. The van der Waals surface area contributed by atoms with Crippen LogP contribution in [0.4, 0.5) is 5.69 Å². The maximum Gasteiger partial charge on any atom is 0.335 e. The smallest absolute Gasteiger partial charge is 0.335 e. The number of carbonyl (C=O) groups is 2. The molecule has 0 fully saturated rings. The van der Waals surface area contributed by atoms with Crippen molar-refractivity contribution in [2.45, 2.75) is 24.7 Å². The van der Waals surface area contributed by atoms with Crippen LogP contribution < -0.4 is 4.74 Å². The summed E-state index contributed by atoms with van der Waals surface area (Å²) in [4.78, 5) is 36.3. The second-order valence-corrected chi connectivity index (χ2v) is 6.67. The summed E-state index contributed by atoms with van der Waals surface area (Å²) in [5.74, 6) is -1.10. The Bertz CT molecular complexity index is 1010. The molecule has 142 valence electrons. The van der Waals surface area contributed by atoms with Crippen molar-refractivity contribution in [2.75, 3.05) is 6.61 Å². The van der Waals surface area contributed by atoms with E-state index in [9.17, 15) is 19.7 Å². The minimum Gasteiger partial charge on any atom is -0.463 e. The molecule has 0 radical (unpaired) electrons. The summed E-state index contributed by atoms with van der Waals surface area (Å²) in [6, 6.07) is 13.1. The van der Waals surface area contributed by atoms with Crippen molar-refractivity contribution >= 4 is 17.6 Å². The van der Waals surface area contributed by atoms with Gasteiger partial charge in [0, 0.05) is 23.6 Å². The molecule has 4 rings (SSSR count). The number of rotatable bonds is 4. The zero-order valence-electron chi connectivity index (χ0n) is 15.1. The lowest BCUT2D eigenvalue weighted by atomic mass is 9.67. The lowest BCUT2D eigenvalue weighted by molar-refractivity contribution is -0.384. The SMILES string of the molecule is CCOC(=O)C1=CC[C@H](c2ccc([N+](=O)[O-])cc2)[C@@]12C(=O)Oc1ccccc12. The number of hydrogen-bond donors (Lipinski definition) is 0. The van der Waals surface area contributed by atoms with Gasteiger partial charge in [0.25, 0.3) is 5.69 Å². The Hall–Kier alpha value is -3.48. The van der Waals surface area contributed by atoms with Crippen molar-refractivity contribution in [2.24, 2.45) is 0 Å². The fourth-order valence-corrected chi connectivity index (χ4v) is 4.19. The van der Waals surface area contributed by atoms with Crippen LogP contribution in [0.3, 0.4) is 0 Å². The second-order valence-electron chi connectivity index (χ2n) is 6.67. The van der Waals surface area contributed by atoms with Gasteiger partial charge in [-0.25, -0.2) is 4.79 Å². The monoisotopic (exact) mass is 379 g/mol. The Kier molecular flexibility index (Phi) is 4.22. The van der Waals surface area contributed by atoms with E-state index < -0.39 is 28.2 Å². The number of allylic oxidation sites excluding steroid dienone is 1. The lowest BCUT2D eigenvalue weighted by Crippen LogP contribution is -2.41. The molecular formula is C21H17NO6. The van der Waals surface area contributed by atoms with Gasteiger partial charge in [0.05, 0.1) is 17.1 Å². The van der Waals surface area contributed by atoms with Crippen LogP contribution in [0.15, 0.2) is 60.2 Å². The molecule has 0 N–H and O–H groups in total. The van der Waals surface area contributed by atoms with E-state index in [4.69, 9.17) is 9.47 Å². The van der Waals surface area contributed by atoms with E-state index in [-0.39, 0.29) is 17.9 Å². The molecule has 2 aromatic carbocycles. The highest BCUT2D eigenvalue weighted by Gasteiger charge is 2.61. The highest BCUT2D eigenvalue weighted by Crippen LogP contribution is 2.57. The lowest BCUT2D eigenvalue weighted by Gasteiger charge is -2.31. The molecule has 2 aliphatic rings. The molecule has 0 bridgehead atoms. The molecule has 0 saturated heterocycles. The summed E-state index contributed by atoms with van der Waals surface area (Å²) in [7, 11) is 0. The topological polar surface area (TPSA) is 95.7 Å². The van der Waals surface area contributed by atoms with Crippen LogP contribution >= 0.6 is 0 Å². The number of fused-ring (bicyclic) bond motifs is 2. The van der Waals surface area contributed by atoms with Crippen molar-refractivity contribution in [3.63, 3.8) is 0 Å². The predicted octanol–water partition coefficient (Wildman–Crippen LogP) is 3.43. The normalized spacial score (nSPS) is 22.5. The highest BCUT2D eigenvalue weighted by molar-refractivity contribution is 6.07. The van der Waals surface area contributed by atoms with E-state index >= 15 is 0 Å². The van der Waals surface area contributed by atoms with Gasteiger partial charge >= 0.3 is 11.9 Å². The molecule has 1 heterocycles. The van der Waals surface area contributed by atoms with Gasteiger partial charge in [-0.2, -0.15) is 0 Å². The van der Waals surface area contributed by atoms with Crippen LogP contribution in [0.5, 0.6) is 5.75 Å². The van der Waals surface area contributed by atoms with Crippen molar-refractivity contribution in [3.8, 4) is 5.75 Å². The fourth-order valence-electron chi connectivity index (χ4n) is 4.19. The number of nitro benzene ring substituents is 1. The van der Waals surface area contributed by atoms with Gasteiger partial charge < -0.3 is 9.47 Å². The average Bonchev–Trinajstić information content (AvgIpc) is 3.22. The molecule has 2 aromatic rings. The first kappa shape index (κ1) is 17.9. The van der Waals surface area contributed by atoms with Crippen LogP contribution in [0.1, 0.15) is 30.4 Å². The van der Waals surface area contributed by atoms with Crippen LogP contribution in [-0.4, -0.2) is 23.5 Å². The van der Waals surface area contributed by atoms with Gasteiger partial charge in [-0.15, -0.1) is 0 Å². The Morgan fingerprint density at radius 3 is 2.64 bits per heavy atom. The Morgan fingerprint density at radius 1 is 1.25 bits per heavy atom. The fraction of sp³-hybridized carbons (Fsp3) is 0.238. The van der Waals surface area contributed by atoms with E-state index in [0.29, 0.717) is 17.7 Å². The summed E-state index contributed by atoms with van der Waals surface area (Å²) < 4.78 is 10.7.